The lowest BCUT2D eigenvalue weighted by Crippen LogP contribution is -2.39. The largest absolute Gasteiger partial charge is 0.370 e. The van der Waals surface area contributed by atoms with Gasteiger partial charge in [0.1, 0.15) is 6.54 Å². The number of nitrogens with two attached hydrogens (primary N) is 1. The topological polar surface area (TPSA) is 79.5 Å². The van der Waals surface area contributed by atoms with E-state index in [1.807, 2.05) is 18.2 Å². The number of nitrogens with zero attached hydrogens (tertiary/aromatic N) is 1. The minimum Gasteiger partial charge on any atom is -0.370 e. The molecule has 5 nitrogen and oxygen atoms in total. The number of aliphatic imine (C=N–C) groups is 1. The Kier molecular flexibility index (Phi) is 9.66. The van der Waals surface area contributed by atoms with Crippen LogP contribution in [0.3, 0.4) is 0 Å². The molecule has 1 amide bonds. The summed E-state index contributed by atoms with van der Waals surface area (Å²) in [5.41, 5.74) is 7.03. The number of hydrogen-bond acceptors (Lipinski definition) is 2. The summed E-state index contributed by atoms with van der Waals surface area (Å²) >= 11 is 0. The van der Waals surface area contributed by atoms with Gasteiger partial charge in [-0.05, 0) is 24.8 Å². The van der Waals surface area contributed by atoms with Crippen LogP contribution >= 0.6 is 24.0 Å². The second kappa shape index (κ2) is 11.3. The SMILES string of the molecule is I.NC(=NCC(=O)NC1CCCCC1)NCCc1ccccc1. The van der Waals surface area contributed by atoms with E-state index in [0.29, 0.717) is 18.5 Å². The number of hydrogen-bond donors (Lipinski definition) is 3. The number of nitrogens with one attached hydrogen (secondary N) is 2. The van der Waals surface area contributed by atoms with Crippen molar-refractivity contribution in [1.82, 2.24) is 10.6 Å². The maximum absolute atomic E-state index is 11.8. The van der Waals surface area contributed by atoms with Gasteiger partial charge in [0.25, 0.3) is 0 Å². The molecule has 1 aromatic carbocycles. The molecular weight excluding hydrogens is 403 g/mol. The second-order valence-corrected chi connectivity index (χ2v) is 5.77. The predicted molar refractivity (Wildman–Crippen MR) is 105 cm³/mol. The highest BCUT2D eigenvalue weighted by atomic mass is 127. The van der Waals surface area contributed by atoms with Gasteiger partial charge in [-0.15, -0.1) is 24.0 Å². The third-order valence-corrected chi connectivity index (χ3v) is 3.93. The lowest BCUT2D eigenvalue weighted by Gasteiger charge is -2.22. The summed E-state index contributed by atoms with van der Waals surface area (Å²) in [4.78, 5) is 15.9. The van der Waals surface area contributed by atoms with Crippen LogP contribution in [0, 0.1) is 0 Å². The highest BCUT2D eigenvalue weighted by Gasteiger charge is 2.15. The van der Waals surface area contributed by atoms with Gasteiger partial charge in [0.15, 0.2) is 5.96 Å². The van der Waals surface area contributed by atoms with E-state index in [2.05, 4.69) is 27.8 Å². The fraction of sp³-hybridized carbons (Fsp3) is 0.529. The van der Waals surface area contributed by atoms with Crippen LogP contribution in [0.2, 0.25) is 0 Å². The second-order valence-electron chi connectivity index (χ2n) is 5.77. The molecule has 0 aromatic heterocycles. The van der Waals surface area contributed by atoms with Crippen molar-refractivity contribution in [1.29, 1.82) is 0 Å². The van der Waals surface area contributed by atoms with E-state index < -0.39 is 0 Å². The summed E-state index contributed by atoms with van der Waals surface area (Å²) in [6.07, 6.45) is 6.74. The number of guanidine groups is 1. The van der Waals surface area contributed by atoms with Crippen molar-refractivity contribution in [2.45, 2.75) is 44.6 Å². The third kappa shape index (κ3) is 8.20. The van der Waals surface area contributed by atoms with Crippen molar-refractivity contribution >= 4 is 35.8 Å². The van der Waals surface area contributed by atoms with Gasteiger partial charge in [-0.1, -0.05) is 49.6 Å². The van der Waals surface area contributed by atoms with Crippen molar-refractivity contribution in [2.75, 3.05) is 13.1 Å². The third-order valence-electron chi connectivity index (χ3n) is 3.93. The van der Waals surface area contributed by atoms with Crippen molar-refractivity contribution in [3.8, 4) is 0 Å². The average molecular weight is 430 g/mol. The van der Waals surface area contributed by atoms with Crippen LogP contribution in [-0.4, -0.2) is 31.0 Å². The normalized spacial score (nSPS) is 15.6. The fourth-order valence-electron chi connectivity index (χ4n) is 2.71. The van der Waals surface area contributed by atoms with Crippen LogP contribution in [0.1, 0.15) is 37.7 Å². The van der Waals surface area contributed by atoms with Crippen LogP contribution in [0.5, 0.6) is 0 Å². The number of carbonyl (C=O) groups excluding carboxylic acids is 1. The quantitative estimate of drug-likeness (QED) is 0.368. The van der Waals surface area contributed by atoms with Crippen LogP contribution < -0.4 is 16.4 Å². The molecule has 1 fully saturated rings. The maximum Gasteiger partial charge on any atom is 0.242 e. The van der Waals surface area contributed by atoms with Crippen molar-refractivity contribution in [3.05, 3.63) is 35.9 Å². The first-order chi connectivity index (χ1) is 10.7. The molecule has 1 saturated carbocycles. The molecule has 0 saturated heterocycles. The summed E-state index contributed by atoms with van der Waals surface area (Å²) in [6, 6.07) is 10.5. The predicted octanol–water partition coefficient (Wildman–Crippen LogP) is 2.20. The number of carbonyl (C=O) groups is 1. The summed E-state index contributed by atoms with van der Waals surface area (Å²) < 4.78 is 0. The van der Waals surface area contributed by atoms with E-state index in [9.17, 15) is 4.79 Å². The summed E-state index contributed by atoms with van der Waals surface area (Å²) in [7, 11) is 0. The van der Waals surface area contributed by atoms with Crippen molar-refractivity contribution in [3.63, 3.8) is 0 Å². The first-order valence-corrected chi connectivity index (χ1v) is 8.11. The van der Waals surface area contributed by atoms with Gasteiger partial charge in [0, 0.05) is 12.6 Å². The van der Waals surface area contributed by atoms with Gasteiger partial charge in [0.05, 0.1) is 0 Å². The van der Waals surface area contributed by atoms with Gasteiger partial charge in [0.2, 0.25) is 5.91 Å². The van der Waals surface area contributed by atoms with Crippen LogP contribution in [0.4, 0.5) is 0 Å². The Morgan fingerprint density at radius 1 is 1.17 bits per heavy atom. The standard InChI is InChI=1S/C17H26N4O.HI/c18-17(19-12-11-14-7-3-1-4-8-14)20-13-16(22)21-15-9-5-2-6-10-15;/h1,3-4,7-8,15H,2,5-6,9-13H2,(H,21,22)(H3,18,19,20);1H. The van der Waals surface area contributed by atoms with E-state index in [1.54, 1.807) is 0 Å². The highest BCUT2D eigenvalue weighted by molar-refractivity contribution is 14.0. The van der Waals surface area contributed by atoms with E-state index >= 15 is 0 Å². The molecule has 0 atom stereocenters. The Hall–Kier alpha value is -1.31. The lowest BCUT2D eigenvalue weighted by molar-refractivity contribution is -0.120. The van der Waals surface area contributed by atoms with Crippen LogP contribution in [0.15, 0.2) is 35.3 Å². The average Bonchev–Trinajstić information content (AvgIpc) is 2.55. The van der Waals surface area contributed by atoms with Crippen molar-refractivity contribution < 1.29 is 4.79 Å². The van der Waals surface area contributed by atoms with E-state index in [1.165, 1.54) is 24.8 Å². The Bertz CT molecular complexity index is 487. The molecule has 0 heterocycles. The zero-order valence-corrected chi connectivity index (χ0v) is 15.8. The number of amides is 1. The molecule has 0 spiro atoms. The molecular formula is C17H27IN4O. The molecule has 23 heavy (non-hydrogen) atoms. The molecule has 0 radical (unpaired) electrons. The first kappa shape index (κ1) is 19.7. The maximum atomic E-state index is 11.8. The molecule has 4 N–H and O–H groups in total. The van der Waals surface area contributed by atoms with E-state index in [-0.39, 0.29) is 36.4 Å². The molecule has 1 aromatic rings. The van der Waals surface area contributed by atoms with Crippen LogP contribution in [-0.2, 0) is 11.2 Å². The molecule has 1 aliphatic carbocycles. The van der Waals surface area contributed by atoms with Gasteiger partial charge < -0.3 is 16.4 Å². The summed E-state index contributed by atoms with van der Waals surface area (Å²) in [5.74, 6) is 0.287. The Morgan fingerprint density at radius 2 is 1.87 bits per heavy atom. The summed E-state index contributed by atoms with van der Waals surface area (Å²) in [6.45, 7) is 0.810. The molecule has 0 unspecified atom stereocenters. The smallest absolute Gasteiger partial charge is 0.242 e. The van der Waals surface area contributed by atoms with E-state index in [0.717, 1.165) is 19.3 Å². The summed E-state index contributed by atoms with van der Waals surface area (Å²) in [5, 5.41) is 6.06. The molecule has 0 bridgehead atoms. The minimum atomic E-state index is -0.0419. The van der Waals surface area contributed by atoms with Gasteiger partial charge in [-0.2, -0.15) is 0 Å². The van der Waals surface area contributed by atoms with Gasteiger partial charge in [-0.25, -0.2) is 4.99 Å². The Morgan fingerprint density at radius 3 is 2.57 bits per heavy atom. The first-order valence-electron chi connectivity index (χ1n) is 8.11. The molecule has 0 aliphatic heterocycles. The monoisotopic (exact) mass is 430 g/mol. The molecule has 128 valence electrons. The molecule has 6 heteroatoms. The minimum absolute atomic E-state index is 0. The highest BCUT2D eigenvalue weighted by Crippen LogP contribution is 2.17. The number of rotatable bonds is 6. The number of halogens is 1. The van der Waals surface area contributed by atoms with Crippen LogP contribution in [0.25, 0.3) is 0 Å². The molecule has 1 aliphatic rings. The van der Waals surface area contributed by atoms with E-state index in [4.69, 9.17) is 5.73 Å². The molecule has 2 rings (SSSR count). The van der Waals surface area contributed by atoms with Gasteiger partial charge in [-0.3, -0.25) is 4.79 Å². The fourth-order valence-corrected chi connectivity index (χ4v) is 2.71. The Labute approximate surface area is 155 Å². The Balaban J connectivity index is 0.00000264. The van der Waals surface area contributed by atoms with Crippen molar-refractivity contribution in [2.24, 2.45) is 10.7 Å². The lowest BCUT2D eigenvalue weighted by atomic mass is 9.95. The number of benzene rings is 1. The zero-order valence-electron chi connectivity index (χ0n) is 13.5. The zero-order chi connectivity index (χ0) is 15.6. The van der Waals surface area contributed by atoms with Gasteiger partial charge >= 0.3 is 0 Å².